The molecule has 0 fully saturated rings. The second kappa shape index (κ2) is 8.16. The van der Waals surface area contributed by atoms with Crippen molar-refractivity contribution < 1.29 is 18.0 Å². The Labute approximate surface area is 150 Å². The third-order valence-electron chi connectivity index (χ3n) is 3.56. The van der Waals surface area contributed by atoms with E-state index in [-0.39, 0.29) is 17.5 Å². The van der Waals surface area contributed by atoms with E-state index < -0.39 is 11.7 Å². The van der Waals surface area contributed by atoms with Crippen LogP contribution in [0.2, 0.25) is 0 Å². The predicted molar refractivity (Wildman–Crippen MR) is 93.3 cm³/mol. The number of nitrogens with one attached hydrogen (secondary N) is 2. The number of carbonyl (C=O) groups is 1. The molecule has 1 heterocycles. The zero-order chi connectivity index (χ0) is 19.3. The quantitative estimate of drug-likeness (QED) is 0.799. The molecule has 0 aliphatic rings. The topological polar surface area (TPSA) is 66.9 Å². The first-order chi connectivity index (χ1) is 12.1. The number of carbonyl (C=O) groups excluding carboxylic acids is 1. The molecule has 0 saturated carbocycles. The molecule has 0 aliphatic heterocycles. The Hall–Kier alpha value is -2.64. The van der Waals surface area contributed by atoms with Crippen LogP contribution in [0.4, 0.5) is 24.8 Å². The lowest BCUT2D eigenvalue weighted by molar-refractivity contribution is -0.137. The number of hydrogen-bond acceptors (Lipinski definition) is 4. The summed E-state index contributed by atoms with van der Waals surface area (Å²) >= 11 is 0. The Kier molecular flexibility index (Phi) is 6.18. The van der Waals surface area contributed by atoms with Gasteiger partial charge >= 0.3 is 6.18 Å². The van der Waals surface area contributed by atoms with Crippen LogP contribution in [0.25, 0.3) is 0 Å². The maximum absolute atomic E-state index is 12.6. The minimum atomic E-state index is -4.39. The summed E-state index contributed by atoms with van der Waals surface area (Å²) in [5.74, 6) is 0.310. The molecule has 0 aliphatic carbocycles. The fourth-order valence-electron chi connectivity index (χ4n) is 2.18. The summed E-state index contributed by atoms with van der Waals surface area (Å²) in [4.78, 5) is 20.5. The monoisotopic (exact) mass is 366 g/mol. The molecule has 8 heteroatoms. The molecule has 0 unspecified atom stereocenters. The number of benzene rings is 1. The van der Waals surface area contributed by atoms with Crippen molar-refractivity contribution >= 4 is 17.5 Å². The van der Waals surface area contributed by atoms with Crippen molar-refractivity contribution in [3.8, 4) is 0 Å². The molecule has 0 saturated heterocycles. The Morgan fingerprint density at radius 1 is 1.15 bits per heavy atom. The van der Waals surface area contributed by atoms with Gasteiger partial charge in [-0.25, -0.2) is 9.97 Å². The average molecular weight is 366 g/mol. The first-order valence-corrected chi connectivity index (χ1v) is 8.23. The van der Waals surface area contributed by atoms with Crippen molar-refractivity contribution in [2.45, 2.75) is 33.4 Å². The van der Waals surface area contributed by atoms with Crippen LogP contribution in [0, 0.1) is 12.8 Å². The van der Waals surface area contributed by atoms with Crippen LogP contribution in [-0.2, 0) is 6.18 Å². The Balaban J connectivity index is 2.10. The SMILES string of the molecule is Cc1cc(C(=O)NCCC(C)C)nc(Nc2ccc(C(F)(F)F)cc2)n1. The average Bonchev–Trinajstić information content (AvgIpc) is 2.53. The van der Waals surface area contributed by atoms with E-state index >= 15 is 0 Å². The zero-order valence-corrected chi connectivity index (χ0v) is 14.8. The van der Waals surface area contributed by atoms with Gasteiger partial charge in [0.05, 0.1) is 5.56 Å². The van der Waals surface area contributed by atoms with Crippen LogP contribution < -0.4 is 10.6 Å². The van der Waals surface area contributed by atoms with Crippen LogP contribution in [0.15, 0.2) is 30.3 Å². The van der Waals surface area contributed by atoms with E-state index in [9.17, 15) is 18.0 Å². The molecule has 2 aromatic rings. The normalized spacial score (nSPS) is 11.5. The molecule has 140 valence electrons. The maximum atomic E-state index is 12.6. The molecule has 2 rings (SSSR count). The van der Waals surface area contributed by atoms with Gasteiger partial charge in [0.25, 0.3) is 5.91 Å². The smallest absolute Gasteiger partial charge is 0.351 e. The maximum Gasteiger partial charge on any atom is 0.416 e. The first-order valence-electron chi connectivity index (χ1n) is 8.23. The van der Waals surface area contributed by atoms with Crippen molar-refractivity contribution in [2.24, 2.45) is 5.92 Å². The van der Waals surface area contributed by atoms with Crippen molar-refractivity contribution in [1.29, 1.82) is 0 Å². The van der Waals surface area contributed by atoms with E-state index in [0.29, 0.717) is 23.8 Å². The molecule has 0 spiro atoms. The lowest BCUT2D eigenvalue weighted by Crippen LogP contribution is -2.26. The van der Waals surface area contributed by atoms with Gasteiger partial charge in [0, 0.05) is 17.9 Å². The third-order valence-corrected chi connectivity index (χ3v) is 3.56. The van der Waals surface area contributed by atoms with Gasteiger partial charge < -0.3 is 10.6 Å². The van der Waals surface area contributed by atoms with Gasteiger partial charge in [0.1, 0.15) is 5.69 Å². The Morgan fingerprint density at radius 3 is 2.38 bits per heavy atom. The number of rotatable bonds is 6. The summed E-state index contributed by atoms with van der Waals surface area (Å²) in [5.41, 5.74) is 0.437. The van der Waals surface area contributed by atoms with Gasteiger partial charge in [0.2, 0.25) is 5.95 Å². The van der Waals surface area contributed by atoms with E-state index in [1.165, 1.54) is 12.1 Å². The van der Waals surface area contributed by atoms with Gasteiger partial charge in [-0.1, -0.05) is 13.8 Å². The third kappa shape index (κ3) is 5.72. The molecule has 5 nitrogen and oxygen atoms in total. The molecule has 2 N–H and O–H groups in total. The predicted octanol–water partition coefficient (Wildman–Crippen LogP) is 4.32. The summed E-state index contributed by atoms with van der Waals surface area (Å²) in [5, 5.41) is 5.61. The number of amides is 1. The van der Waals surface area contributed by atoms with E-state index in [4.69, 9.17) is 0 Å². The lowest BCUT2D eigenvalue weighted by atomic mass is 10.1. The number of hydrogen-bond donors (Lipinski definition) is 2. The fourth-order valence-corrected chi connectivity index (χ4v) is 2.18. The molecule has 0 bridgehead atoms. The van der Waals surface area contributed by atoms with Gasteiger partial charge in [-0.05, 0) is 49.6 Å². The summed E-state index contributed by atoms with van der Waals surface area (Å²) in [6, 6.07) is 6.08. The van der Waals surface area contributed by atoms with E-state index in [1.54, 1.807) is 13.0 Å². The van der Waals surface area contributed by atoms with Gasteiger partial charge in [-0.2, -0.15) is 13.2 Å². The standard InChI is InChI=1S/C18H21F3N4O/c1-11(2)8-9-22-16(26)15-10-12(3)23-17(25-15)24-14-6-4-13(5-7-14)18(19,20)21/h4-7,10-11H,8-9H2,1-3H3,(H,22,26)(H,23,24,25). The van der Waals surface area contributed by atoms with Crippen LogP contribution in [0.1, 0.15) is 42.0 Å². The summed E-state index contributed by atoms with van der Waals surface area (Å²) < 4.78 is 37.8. The minimum Gasteiger partial charge on any atom is -0.351 e. The summed E-state index contributed by atoms with van der Waals surface area (Å²) in [6.07, 6.45) is -3.54. The van der Waals surface area contributed by atoms with Crippen molar-refractivity contribution in [1.82, 2.24) is 15.3 Å². The highest BCUT2D eigenvalue weighted by Gasteiger charge is 2.29. The highest BCUT2D eigenvalue weighted by Crippen LogP contribution is 2.30. The van der Waals surface area contributed by atoms with Crippen LogP contribution in [0.3, 0.4) is 0 Å². The molecule has 26 heavy (non-hydrogen) atoms. The van der Waals surface area contributed by atoms with Crippen LogP contribution in [-0.4, -0.2) is 22.4 Å². The van der Waals surface area contributed by atoms with Crippen LogP contribution >= 0.6 is 0 Å². The highest BCUT2D eigenvalue weighted by molar-refractivity contribution is 5.92. The molecule has 0 atom stereocenters. The summed E-state index contributed by atoms with van der Waals surface area (Å²) in [7, 11) is 0. The van der Waals surface area contributed by atoms with Gasteiger partial charge in [-0.3, -0.25) is 4.79 Å². The number of alkyl halides is 3. The van der Waals surface area contributed by atoms with E-state index in [0.717, 1.165) is 18.6 Å². The van der Waals surface area contributed by atoms with Gasteiger partial charge in [-0.15, -0.1) is 0 Å². The minimum absolute atomic E-state index is 0.152. The highest BCUT2D eigenvalue weighted by atomic mass is 19.4. The number of aromatic nitrogens is 2. The van der Waals surface area contributed by atoms with E-state index in [2.05, 4.69) is 34.4 Å². The number of anilines is 2. The molecule has 0 radical (unpaired) electrons. The van der Waals surface area contributed by atoms with Crippen molar-refractivity contribution in [3.63, 3.8) is 0 Å². The lowest BCUT2D eigenvalue weighted by Gasteiger charge is -2.11. The zero-order valence-electron chi connectivity index (χ0n) is 14.8. The molecular formula is C18H21F3N4O. The second-order valence-corrected chi connectivity index (χ2v) is 6.36. The van der Waals surface area contributed by atoms with Crippen LogP contribution in [0.5, 0.6) is 0 Å². The van der Waals surface area contributed by atoms with E-state index in [1.807, 2.05) is 0 Å². The number of halogens is 3. The summed E-state index contributed by atoms with van der Waals surface area (Å²) in [6.45, 7) is 6.38. The first kappa shape index (κ1) is 19.7. The fraction of sp³-hybridized carbons (Fsp3) is 0.389. The largest absolute Gasteiger partial charge is 0.416 e. The second-order valence-electron chi connectivity index (χ2n) is 6.36. The van der Waals surface area contributed by atoms with Gasteiger partial charge in [0.15, 0.2) is 0 Å². The molecule has 1 amide bonds. The number of aryl methyl sites for hydroxylation is 1. The van der Waals surface area contributed by atoms with Crippen molar-refractivity contribution in [2.75, 3.05) is 11.9 Å². The number of nitrogens with zero attached hydrogens (tertiary/aromatic N) is 2. The molecule has 1 aromatic carbocycles. The Bertz CT molecular complexity index is 758. The molecular weight excluding hydrogens is 345 g/mol. The Morgan fingerprint density at radius 2 is 1.81 bits per heavy atom. The van der Waals surface area contributed by atoms with Crippen molar-refractivity contribution in [3.05, 3.63) is 47.3 Å². The molecule has 1 aromatic heterocycles.